The third kappa shape index (κ3) is 8.90. The fourth-order valence-electron chi connectivity index (χ4n) is 4.93. The number of aromatic hydroxyl groups is 2. The first-order valence-corrected chi connectivity index (χ1v) is 17.6. The molecular formula is C34H27N7NaO8S2. The number of nitrogen functional groups attached to an aromatic ring is 1. The van der Waals surface area contributed by atoms with E-state index >= 15 is 0 Å². The zero-order chi connectivity index (χ0) is 36.3. The summed E-state index contributed by atoms with van der Waals surface area (Å²) in [6.45, 7) is 0. The van der Waals surface area contributed by atoms with Gasteiger partial charge in [0.1, 0.15) is 22.0 Å². The molecule has 6 aromatic carbocycles. The van der Waals surface area contributed by atoms with E-state index in [2.05, 4.69) is 31.1 Å². The molecule has 0 aliphatic carbocycles. The fraction of sp³-hybridized carbons (Fsp3) is 0. The van der Waals surface area contributed by atoms with Crippen molar-refractivity contribution in [2.75, 3.05) is 16.4 Å². The number of hydrogen-bond donors (Lipinski definition) is 7. The van der Waals surface area contributed by atoms with Gasteiger partial charge in [-0.1, -0.05) is 18.2 Å². The van der Waals surface area contributed by atoms with Gasteiger partial charge in [0, 0.05) is 63.8 Å². The number of hydrogen-bond acceptors (Lipinski definition) is 13. The minimum absolute atomic E-state index is 0. The maximum absolute atomic E-state index is 12.2. The van der Waals surface area contributed by atoms with Crippen LogP contribution in [0.3, 0.4) is 0 Å². The summed E-state index contributed by atoms with van der Waals surface area (Å²) in [4.78, 5) is -1.51. The van der Waals surface area contributed by atoms with Gasteiger partial charge in [0.15, 0.2) is 5.75 Å². The first kappa shape index (κ1) is 37.8. The van der Waals surface area contributed by atoms with E-state index in [0.29, 0.717) is 22.7 Å². The van der Waals surface area contributed by atoms with Gasteiger partial charge in [-0.2, -0.15) is 27.1 Å². The van der Waals surface area contributed by atoms with Crippen molar-refractivity contribution in [3.63, 3.8) is 0 Å². The number of para-hydroxylation sites is 1. The summed E-state index contributed by atoms with van der Waals surface area (Å²) in [6, 6.07) is 30.4. The van der Waals surface area contributed by atoms with Crippen LogP contribution in [-0.2, 0) is 20.2 Å². The average Bonchev–Trinajstić information content (AvgIpc) is 3.08. The molecule has 8 N–H and O–H groups in total. The Labute approximate surface area is 319 Å². The van der Waals surface area contributed by atoms with Crippen LogP contribution in [0, 0.1) is 0 Å². The van der Waals surface area contributed by atoms with Crippen LogP contribution in [0.4, 0.5) is 51.2 Å². The molecule has 0 fully saturated rings. The van der Waals surface area contributed by atoms with Crippen molar-refractivity contribution in [3.8, 4) is 11.5 Å². The van der Waals surface area contributed by atoms with Gasteiger partial charge in [-0.15, -0.1) is 10.2 Å². The van der Waals surface area contributed by atoms with E-state index in [4.69, 9.17) is 5.73 Å². The van der Waals surface area contributed by atoms with Gasteiger partial charge in [-0.3, -0.25) is 9.11 Å². The van der Waals surface area contributed by atoms with Crippen LogP contribution in [0.25, 0.3) is 10.8 Å². The molecule has 0 saturated carbocycles. The Morgan fingerprint density at radius 1 is 0.596 bits per heavy atom. The van der Waals surface area contributed by atoms with E-state index in [1.165, 1.54) is 6.07 Å². The minimum Gasteiger partial charge on any atom is -0.508 e. The zero-order valence-corrected chi connectivity index (χ0v) is 30.7. The maximum Gasteiger partial charge on any atom is 0.296 e. The number of nitrogens with zero attached hydrogens (tertiary/aromatic N) is 4. The molecular weight excluding hydrogens is 722 g/mol. The molecule has 0 saturated heterocycles. The van der Waals surface area contributed by atoms with Crippen molar-refractivity contribution in [2.24, 2.45) is 20.5 Å². The molecule has 0 heterocycles. The molecule has 0 amide bonds. The molecule has 0 aliphatic heterocycles. The van der Waals surface area contributed by atoms with Gasteiger partial charge in [0.2, 0.25) is 0 Å². The number of anilines is 5. The molecule has 0 aliphatic rings. The number of fused-ring (bicyclic) bond motifs is 1. The van der Waals surface area contributed by atoms with E-state index in [1.54, 1.807) is 60.7 Å². The molecule has 259 valence electrons. The molecule has 1 radical (unpaired) electrons. The van der Waals surface area contributed by atoms with Crippen LogP contribution in [0.1, 0.15) is 0 Å². The molecule has 0 spiro atoms. The van der Waals surface area contributed by atoms with Crippen LogP contribution < -0.4 is 16.4 Å². The molecule has 6 rings (SSSR count). The number of rotatable bonds is 10. The van der Waals surface area contributed by atoms with Crippen molar-refractivity contribution in [3.05, 3.63) is 115 Å². The third-order valence-corrected chi connectivity index (χ3v) is 9.02. The average molecular weight is 749 g/mol. The Morgan fingerprint density at radius 3 is 1.75 bits per heavy atom. The predicted octanol–water partition coefficient (Wildman–Crippen LogP) is 8.26. The van der Waals surface area contributed by atoms with E-state index in [9.17, 15) is 36.2 Å². The van der Waals surface area contributed by atoms with Gasteiger partial charge < -0.3 is 26.6 Å². The molecule has 18 heteroatoms. The summed E-state index contributed by atoms with van der Waals surface area (Å²) in [5.41, 5.74) is 9.13. The van der Waals surface area contributed by atoms with Gasteiger partial charge in [-0.25, -0.2) is 0 Å². The molecule has 52 heavy (non-hydrogen) atoms. The summed E-state index contributed by atoms with van der Waals surface area (Å²) in [5.74, 6) is -0.696. The second kappa shape index (κ2) is 15.5. The Morgan fingerprint density at radius 2 is 1.17 bits per heavy atom. The van der Waals surface area contributed by atoms with Crippen molar-refractivity contribution in [1.29, 1.82) is 0 Å². The smallest absolute Gasteiger partial charge is 0.296 e. The molecule has 0 bridgehead atoms. The van der Waals surface area contributed by atoms with E-state index in [0.717, 1.165) is 29.6 Å². The number of phenolic OH excluding ortho intramolecular Hbond substituents is 2. The number of azo groups is 2. The Bertz CT molecular complexity index is 2560. The normalized spacial score (nSPS) is 11.9. The number of nitrogens with one attached hydrogen (secondary N) is 2. The van der Waals surface area contributed by atoms with Crippen LogP contribution in [-0.4, -0.2) is 65.7 Å². The number of nitrogens with two attached hydrogens (primary N) is 1. The second-order valence-corrected chi connectivity index (χ2v) is 13.8. The van der Waals surface area contributed by atoms with Crippen LogP contribution in [0.5, 0.6) is 11.5 Å². The van der Waals surface area contributed by atoms with E-state index < -0.39 is 41.5 Å². The fourth-order valence-corrected chi connectivity index (χ4v) is 6.14. The molecule has 6 aromatic rings. The van der Waals surface area contributed by atoms with Gasteiger partial charge in [0.25, 0.3) is 20.2 Å². The number of phenols is 2. The van der Waals surface area contributed by atoms with Crippen molar-refractivity contribution in [2.45, 2.75) is 9.79 Å². The van der Waals surface area contributed by atoms with Gasteiger partial charge >= 0.3 is 0 Å². The zero-order valence-electron chi connectivity index (χ0n) is 27.1. The van der Waals surface area contributed by atoms with Gasteiger partial charge in [-0.05, 0) is 96.4 Å². The first-order valence-electron chi connectivity index (χ1n) is 14.7. The largest absolute Gasteiger partial charge is 0.508 e. The minimum atomic E-state index is -4.99. The standard InChI is InChI=1S/C34H27N7O8S2.Na/c35-28-19-27(50(44,45)46)16-20-17-31(51(47,48)49)33(34(43)32(20)28)41-39-25-12-8-23(9-13-25)36-22-6-10-24(11-7-22)38-40-29-15-14-26(42)18-30(29)37-21-4-2-1-3-5-21;/h1-19,36-37,42-43H,35H2,(H,44,45,46)(H,47,48,49);. The second-order valence-electron chi connectivity index (χ2n) is 10.9. The van der Waals surface area contributed by atoms with Crippen LogP contribution in [0.15, 0.2) is 146 Å². The first-order chi connectivity index (χ1) is 24.2. The van der Waals surface area contributed by atoms with Crippen LogP contribution >= 0.6 is 0 Å². The molecule has 15 nitrogen and oxygen atoms in total. The van der Waals surface area contributed by atoms with Crippen molar-refractivity contribution >= 4 is 112 Å². The van der Waals surface area contributed by atoms with Gasteiger partial charge in [0.05, 0.1) is 22.0 Å². The summed E-state index contributed by atoms with van der Waals surface area (Å²) < 4.78 is 66.8. The molecule has 0 unspecified atom stereocenters. The topological polar surface area (TPSA) is 249 Å². The third-order valence-electron chi connectivity index (χ3n) is 7.32. The molecule has 0 aromatic heterocycles. The molecule has 0 atom stereocenters. The quantitative estimate of drug-likeness (QED) is 0.0304. The summed E-state index contributed by atoms with van der Waals surface area (Å²) in [6.07, 6.45) is 0. The Hall–Kier alpha value is -5.40. The van der Waals surface area contributed by atoms with E-state index in [-0.39, 0.29) is 57.5 Å². The summed E-state index contributed by atoms with van der Waals surface area (Å²) >= 11 is 0. The van der Waals surface area contributed by atoms with Crippen molar-refractivity contribution in [1.82, 2.24) is 0 Å². The van der Waals surface area contributed by atoms with Crippen LogP contribution in [0.2, 0.25) is 0 Å². The van der Waals surface area contributed by atoms with Crippen molar-refractivity contribution < 1.29 is 36.2 Å². The maximum atomic E-state index is 12.2. The van der Waals surface area contributed by atoms with E-state index in [1.807, 2.05) is 30.3 Å². The Kier molecular flexibility index (Phi) is 11.3. The number of benzene rings is 6. The SMILES string of the molecule is Nc1cc(S(=O)(=O)O)cc2cc(S(=O)(=O)O)c(N=Nc3ccc(Nc4ccc(N=Nc5ccc(O)cc5Nc5ccccc5)cc4)cc3)c(O)c12.[Na]. The summed E-state index contributed by atoms with van der Waals surface area (Å²) in [7, 11) is -9.71. The predicted molar refractivity (Wildman–Crippen MR) is 198 cm³/mol. The Balaban J connectivity index is 0.00000523. The summed E-state index contributed by atoms with van der Waals surface area (Å²) in [5, 5.41) is 43.4. The monoisotopic (exact) mass is 748 g/mol.